The second kappa shape index (κ2) is 14.1. The van der Waals surface area contributed by atoms with Gasteiger partial charge >= 0.3 is 0 Å². The van der Waals surface area contributed by atoms with E-state index in [-0.39, 0.29) is 24.0 Å². The minimum Gasteiger partial charge on any atom is -0.493 e. The monoisotopic (exact) mass is 529 g/mol. The van der Waals surface area contributed by atoms with E-state index in [1.54, 1.807) is 0 Å². The minimum absolute atomic E-state index is 0. The van der Waals surface area contributed by atoms with Crippen LogP contribution in [-0.2, 0) is 6.54 Å². The molecule has 3 rings (SSSR count). The van der Waals surface area contributed by atoms with Crippen molar-refractivity contribution in [3.05, 3.63) is 29.8 Å². The van der Waals surface area contributed by atoms with Crippen LogP contribution in [0.5, 0.6) is 5.75 Å². The first-order valence-corrected chi connectivity index (χ1v) is 11.4. The molecule has 0 atom stereocenters. The molecule has 1 saturated carbocycles. The molecular weight excluding hydrogens is 489 g/mol. The molecule has 2 aliphatic rings. The number of likely N-dealkylation sites (N-methyl/N-ethyl adjacent to an activating group) is 1. The number of nitrogens with one attached hydrogen (secondary N) is 2. The summed E-state index contributed by atoms with van der Waals surface area (Å²) in [6.45, 7) is 12.0. The molecule has 0 aromatic heterocycles. The number of nitrogens with zero attached hydrogens (tertiary/aromatic N) is 3. The number of hydrogen-bond donors (Lipinski definition) is 2. The molecule has 1 aliphatic carbocycles. The van der Waals surface area contributed by atoms with Gasteiger partial charge < -0.3 is 25.2 Å². The maximum absolute atomic E-state index is 6.00. The zero-order chi connectivity index (χ0) is 20.3. The number of unbranched alkanes of at least 4 members (excludes halogenated alkanes) is 1. The largest absolute Gasteiger partial charge is 0.493 e. The fourth-order valence-corrected chi connectivity index (χ4v) is 3.68. The van der Waals surface area contributed by atoms with Gasteiger partial charge in [-0.05, 0) is 50.8 Å². The van der Waals surface area contributed by atoms with Crippen LogP contribution in [0.1, 0.15) is 38.2 Å². The van der Waals surface area contributed by atoms with Crippen molar-refractivity contribution in [3.8, 4) is 5.75 Å². The Labute approximate surface area is 199 Å². The zero-order valence-electron chi connectivity index (χ0n) is 18.7. The summed E-state index contributed by atoms with van der Waals surface area (Å²) in [5.41, 5.74) is 1.18. The number of rotatable bonds is 11. The van der Waals surface area contributed by atoms with E-state index in [2.05, 4.69) is 50.5 Å². The summed E-state index contributed by atoms with van der Waals surface area (Å²) >= 11 is 0. The highest BCUT2D eigenvalue weighted by Gasteiger charge is 2.22. The first-order valence-electron chi connectivity index (χ1n) is 11.4. The average molecular weight is 530 g/mol. The summed E-state index contributed by atoms with van der Waals surface area (Å²) in [7, 11) is 1.83. The van der Waals surface area contributed by atoms with Crippen molar-refractivity contribution in [2.45, 2.75) is 39.2 Å². The second-order valence-corrected chi connectivity index (χ2v) is 8.20. The molecule has 2 fully saturated rings. The van der Waals surface area contributed by atoms with Crippen LogP contribution >= 0.6 is 24.0 Å². The lowest BCUT2D eigenvalue weighted by molar-refractivity contribution is 0.136. The maximum Gasteiger partial charge on any atom is 0.191 e. The summed E-state index contributed by atoms with van der Waals surface area (Å²) in [5.74, 6) is 2.62. The third kappa shape index (κ3) is 8.98. The van der Waals surface area contributed by atoms with Gasteiger partial charge in [0, 0.05) is 51.9 Å². The Morgan fingerprint density at radius 2 is 1.80 bits per heavy atom. The standard InChI is InChI=1S/C23H39N5O.HI/c1-3-27-14-16-28(17-15-27)13-7-6-12-25-23(24-2)26-18-21-8-4-5-9-22(21)29-19-20-10-11-20;/h4-5,8-9,20H,3,6-7,10-19H2,1-2H3,(H2,24,25,26);1H. The molecule has 0 radical (unpaired) electrons. The number of halogens is 1. The van der Waals surface area contributed by atoms with E-state index in [1.807, 2.05) is 13.1 Å². The van der Waals surface area contributed by atoms with Crippen LogP contribution in [0.4, 0.5) is 0 Å². The number of hydrogen-bond acceptors (Lipinski definition) is 4. The Morgan fingerprint density at radius 1 is 1.07 bits per heavy atom. The highest BCUT2D eigenvalue weighted by Crippen LogP contribution is 2.30. The summed E-state index contributed by atoms with van der Waals surface area (Å²) in [4.78, 5) is 9.49. The van der Waals surface area contributed by atoms with E-state index in [0.29, 0.717) is 0 Å². The van der Waals surface area contributed by atoms with Gasteiger partial charge in [0.05, 0.1) is 6.61 Å². The van der Waals surface area contributed by atoms with E-state index < -0.39 is 0 Å². The van der Waals surface area contributed by atoms with Crippen molar-refractivity contribution in [2.24, 2.45) is 10.9 Å². The quantitative estimate of drug-likeness (QED) is 0.200. The zero-order valence-corrected chi connectivity index (χ0v) is 21.1. The second-order valence-electron chi connectivity index (χ2n) is 8.20. The van der Waals surface area contributed by atoms with Gasteiger partial charge in [-0.15, -0.1) is 24.0 Å². The molecule has 2 N–H and O–H groups in total. The molecule has 1 aliphatic heterocycles. The lowest BCUT2D eigenvalue weighted by Crippen LogP contribution is -2.46. The summed E-state index contributed by atoms with van der Waals surface area (Å²) in [5, 5.41) is 6.87. The van der Waals surface area contributed by atoms with Crippen molar-refractivity contribution < 1.29 is 4.74 Å². The Balaban J connectivity index is 0.00000320. The molecule has 0 amide bonds. The van der Waals surface area contributed by atoms with Crippen molar-refractivity contribution >= 4 is 29.9 Å². The van der Waals surface area contributed by atoms with E-state index in [4.69, 9.17) is 4.74 Å². The van der Waals surface area contributed by atoms with Gasteiger partial charge in [-0.1, -0.05) is 25.1 Å². The SMILES string of the molecule is CCN1CCN(CCCCNC(=NC)NCc2ccccc2OCC2CC2)CC1.I. The minimum atomic E-state index is 0. The summed E-state index contributed by atoms with van der Waals surface area (Å²) < 4.78 is 6.00. The molecule has 30 heavy (non-hydrogen) atoms. The van der Waals surface area contributed by atoms with Gasteiger partial charge in [-0.3, -0.25) is 4.99 Å². The predicted molar refractivity (Wildman–Crippen MR) is 136 cm³/mol. The Kier molecular flexibility index (Phi) is 11.8. The molecule has 0 bridgehead atoms. The molecule has 1 saturated heterocycles. The number of para-hydroxylation sites is 1. The van der Waals surface area contributed by atoms with Crippen LogP contribution in [-0.4, -0.2) is 75.2 Å². The average Bonchev–Trinajstić information content (AvgIpc) is 3.60. The Bertz CT molecular complexity index is 630. The van der Waals surface area contributed by atoms with Crippen molar-refractivity contribution in [1.82, 2.24) is 20.4 Å². The smallest absolute Gasteiger partial charge is 0.191 e. The molecule has 1 aromatic carbocycles. The molecule has 1 heterocycles. The van der Waals surface area contributed by atoms with Crippen molar-refractivity contribution in [2.75, 3.05) is 59.5 Å². The fourth-order valence-electron chi connectivity index (χ4n) is 3.68. The van der Waals surface area contributed by atoms with E-state index in [1.165, 1.54) is 64.1 Å². The first-order chi connectivity index (χ1) is 14.3. The van der Waals surface area contributed by atoms with Crippen LogP contribution in [0, 0.1) is 5.92 Å². The van der Waals surface area contributed by atoms with Gasteiger partial charge in [0.2, 0.25) is 0 Å². The third-order valence-corrected chi connectivity index (χ3v) is 5.92. The van der Waals surface area contributed by atoms with Crippen LogP contribution in [0.3, 0.4) is 0 Å². The third-order valence-electron chi connectivity index (χ3n) is 5.92. The summed E-state index contributed by atoms with van der Waals surface area (Å²) in [6, 6.07) is 8.30. The van der Waals surface area contributed by atoms with Crippen molar-refractivity contribution in [1.29, 1.82) is 0 Å². The lowest BCUT2D eigenvalue weighted by atomic mass is 10.2. The molecule has 0 spiro atoms. The fraction of sp³-hybridized carbons (Fsp3) is 0.696. The molecule has 1 aromatic rings. The lowest BCUT2D eigenvalue weighted by Gasteiger charge is -2.34. The Morgan fingerprint density at radius 3 is 2.50 bits per heavy atom. The predicted octanol–water partition coefficient (Wildman–Crippen LogP) is 3.18. The van der Waals surface area contributed by atoms with Crippen LogP contribution < -0.4 is 15.4 Å². The number of aliphatic imine (C=N–C) groups is 1. The van der Waals surface area contributed by atoms with E-state index >= 15 is 0 Å². The topological polar surface area (TPSA) is 52.1 Å². The number of guanidine groups is 1. The highest BCUT2D eigenvalue weighted by atomic mass is 127. The maximum atomic E-state index is 6.00. The molecular formula is C23H40IN5O. The highest BCUT2D eigenvalue weighted by molar-refractivity contribution is 14.0. The van der Waals surface area contributed by atoms with E-state index in [0.717, 1.165) is 43.7 Å². The molecule has 0 unspecified atom stereocenters. The van der Waals surface area contributed by atoms with Gasteiger partial charge in [0.15, 0.2) is 5.96 Å². The van der Waals surface area contributed by atoms with Gasteiger partial charge in [-0.2, -0.15) is 0 Å². The first kappa shape index (κ1) is 25.2. The molecule has 7 heteroatoms. The number of piperazine rings is 1. The van der Waals surface area contributed by atoms with Gasteiger partial charge in [-0.25, -0.2) is 0 Å². The summed E-state index contributed by atoms with van der Waals surface area (Å²) in [6.07, 6.45) is 5.02. The van der Waals surface area contributed by atoms with Crippen LogP contribution in [0.15, 0.2) is 29.3 Å². The van der Waals surface area contributed by atoms with Crippen molar-refractivity contribution in [3.63, 3.8) is 0 Å². The van der Waals surface area contributed by atoms with E-state index in [9.17, 15) is 0 Å². The van der Waals surface area contributed by atoms with Gasteiger partial charge in [0.25, 0.3) is 0 Å². The van der Waals surface area contributed by atoms with Crippen LogP contribution in [0.25, 0.3) is 0 Å². The Hall–Kier alpha value is -1.06. The van der Waals surface area contributed by atoms with Crippen LogP contribution in [0.2, 0.25) is 0 Å². The molecule has 170 valence electrons. The normalized spacial score (nSPS) is 18.0. The molecule has 6 nitrogen and oxygen atoms in total. The number of ether oxygens (including phenoxy) is 1. The number of benzene rings is 1. The van der Waals surface area contributed by atoms with Gasteiger partial charge in [0.1, 0.15) is 5.75 Å².